The Hall–Kier alpha value is -1.42. The third-order valence-corrected chi connectivity index (χ3v) is 3.09. The molecule has 1 aliphatic carbocycles. The molecule has 0 amide bonds. The Morgan fingerprint density at radius 3 is 3.07 bits per heavy atom. The maximum Gasteiger partial charge on any atom is 0.307 e. The first-order valence-electron chi connectivity index (χ1n) is 4.20. The van der Waals surface area contributed by atoms with E-state index >= 15 is 0 Å². The molecule has 1 heterocycles. The van der Waals surface area contributed by atoms with Crippen LogP contribution in [0.1, 0.15) is 27.2 Å². The molecule has 0 fully saturated rings. The first-order valence-corrected chi connectivity index (χ1v) is 5.08. The Labute approximate surface area is 84.7 Å². The van der Waals surface area contributed by atoms with E-state index in [0.29, 0.717) is 17.5 Å². The van der Waals surface area contributed by atoms with Crippen molar-refractivity contribution >= 4 is 29.2 Å². The SMILES string of the molecule is O=C(O)Cc1csc2c1C(=O)CC=C2. The summed E-state index contributed by atoms with van der Waals surface area (Å²) in [6.45, 7) is 0. The maximum absolute atomic E-state index is 11.5. The Morgan fingerprint density at radius 1 is 1.57 bits per heavy atom. The van der Waals surface area contributed by atoms with E-state index in [1.54, 1.807) is 5.38 Å². The average Bonchev–Trinajstić information content (AvgIpc) is 2.49. The molecule has 0 spiro atoms. The zero-order chi connectivity index (χ0) is 10.1. The molecule has 4 heteroatoms. The Kier molecular flexibility index (Phi) is 2.21. The summed E-state index contributed by atoms with van der Waals surface area (Å²) < 4.78 is 0. The summed E-state index contributed by atoms with van der Waals surface area (Å²) in [7, 11) is 0. The summed E-state index contributed by atoms with van der Waals surface area (Å²) in [5.41, 5.74) is 1.26. The molecule has 1 aliphatic rings. The van der Waals surface area contributed by atoms with Crippen LogP contribution >= 0.6 is 11.3 Å². The van der Waals surface area contributed by atoms with Crippen LogP contribution < -0.4 is 0 Å². The lowest BCUT2D eigenvalue weighted by Gasteiger charge is -2.05. The Morgan fingerprint density at radius 2 is 2.36 bits per heavy atom. The highest BCUT2D eigenvalue weighted by Crippen LogP contribution is 2.29. The highest BCUT2D eigenvalue weighted by atomic mass is 32.1. The van der Waals surface area contributed by atoms with Crippen LogP contribution in [-0.2, 0) is 11.2 Å². The molecule has 0 aliphatic heterocycles. The summed E-state index contributed by atoms with van der Waals surface area (Å²) in [4.78, 5) is 22.9. The fourth-order valence-corrected chi connectivity index (χ4v) is 2.53. The fourth-order valence-electron chi connectivity index (χ4n) is 1.52. The van der Waals surface area contributed by atoms with E-state index in [9.17, 15) is 9.59 Å². The van der Waals surface area contributed by atoms with Crippen LogP contribution in [0.15, 0.2) is 11.5 Å². The van der Waals surface area contributed by atoms with Crippen molar-refractivity contribution in [3.05, 3.63) is 27.5 Å². The summed E-state index contributed by atoms with van der Waals surface area (Å²) in [6.07, 6.45) is 4.01. The van der Waals surface area contributed by atoms with E-state index in [1.165, 1.54) is 11.3 Å². The molecule has 14 heavy (non-hydrogen) atoms. The van der Waals surface area contributed by atoms with Crippen LogP contribution in [0.4, 0.5) is 0 Å². The molecule has 0 aromatic carbocycles. The molecular formula is C10H8O3S. The number of aliphatic carboxylic acids is 1. The molecule has 0 bridgehead atoms. The van der Waals surface area contributed by atoms with E-state index in [-0.39, 0.29) is 12.2 Å². The van der Waals surface area contributed by atoms with E-state index in [4.69, 9.17) is 5.11 Å². The molecule has 1 aromatic heterocycles. The molecular weight excluding hydrogens is 200 g/mol. The van der Waals surface area contributed by atoms with Crippen molar-refractivity contribution < 1.29 is 14.7 Å². The summed E-state index contributed by atoms with van der Waals surface area (Å²) >= 11 is 1.43. The molecule has 0 atom stereocenters. The van der Waals surface area contributed by atoms with Gasteiger partial charge in [0, 0.05) is 16.9 Å². The van der Waals surface area contributed by atoms with Crippen molar-refractivity contribution in [2.45, 2.75) is 12.8 Å². The van der Waals surface area contributed by atoms with Gasteiger partial charge in [0.05, 0.1) is 6.42 Å². The van der Waals surface area contributed by atoms with Crippen LogP contribution in [0.3, 0.4) is 0 Å². The van der Waals surface area contributed by atoms with Gasteiger partial charge >= 0.3 is 5.97 Å². The lowest BCUT2D eigenvalue weighted by Crippen LogP contribution is -2.08. The number of ketones is 1. The van der Waals surface area contributed by atoms with E-state index < -0.39 is 5.97 Å². The van der Waals surface area contributed by atoms with Gasteiger partial charge in [-0.05, 0) is 17.0 Å². The second kappa shape index (κ2) is 3.38. The molecule has 1 N–H and O–H groups in total. The Balaban J connectivity index is 2.44. The monoisotopic (exact) mass is 208 g/mol. The minimum Gasteiger partial charge on any atom is -0.481 e. The van der Waals surface area contributed by atoms with Crippen molar-refractivity contribution in [2.24, 2.45) is 0 Å². The molecule has 3 nitrogen and oxygen atoms in total. The molecule has 0 saturated carbocycles. The van der Waals surface area contributed by atoms with Gasteiger partial charge in [-0.2, -0.15) is 0 Å². The number of carbonyl (C=O) groups is 2. The number of hydrogen-bond acceptors (Lipinski definition) is 3. The van der Waals surface area contributed by atoms with Gasteiger partial charge in [-0.25, -0.2) is 0 Å². The predicted molar refractivity (Wildman–Crippen MR) is 53.6 cm³/mol. The van der Waals surface area contributed by atoms with Gasteiger partial charge in [0.1, 0.15) is 0 Å². The van der Waals surface area contributed by atoms with Crippen LogP contribution in [0.25, 0.3) is 6.08 Å². The topological polar surface area (TPSA) is 54.4 Å². The smallest absolute Gasteiger partial charge is 0.307 e. The fraction of sp³-hybridized carbons (Fsp3) is 0.200. The van der Waals surface area contributed by atoms with Crippen LogP contribution in [0.5, 0.6) is 0 Å². The van der Waals surface area contributed by atoms with Crippen LogP contribution in [0, 0.1) is 0 Å². The summed E-state index contributed by atoms with van der Waals surface area (Å²) in [5.74, 6) is -0.868. The first kappa shape index (κ1) is 9.15. The zero-order valence-corrected chi connectivity index (χ0v) is 8.13. The molecule has 0 unspecified atom stereocenters. The quantitative estimate of drug-likeness (QED) is 0.808. The van der Waals surface area contributed by atoms with Crippen molar-refractivity contribution in [3.8, 4) is 0 Å². The number of carboxylic acid groups (broad SMARTS) is 1. The summed E-state index contributed by atoms with van der Waals surface area (Å²) in [6, 6.07) is 0. The highest BCUT2D eigenvalue weighted by molar-refractivity contribution is 7.11. The Bertz CT molecular complexity index is 429. The molecule has 1 aromatic rings. The van der Waals surface area contributed by atoms with Gasteiger partial charge in [0.2, 0.25) is 0 Å². The largest absolute Gasteiger partial charge is 0.481 e. The first-order chi connectivity index (χ1) is 6.68. The normalized spacial score (nSPS) is 14.1. The third-order valence-electron chi connectivity index (χ3n) is 2.09. The van der Waals surface area contributed by atoms with E-state index in [0.717, 1.165) is 4.88 Å². The minimum absolute atomic E-state index is 0.0278. The number of fused-ring (bicyclic) bond motifs is 1. The van der Waals surface area contributed by atoms with E-state index in [1.807, 2.05) is 12.2 Å². The number of carbonyl (C=O) groups excluding carboxylic acids is 1. The molecule has 72 valence electrons. The third kappa shape index (κ3) is 1.48. The number of thiophene rings is 1. The van der Waals surface area contributed by atoms with Crippen LogP contribution in [-0.4, -0.2) is 16.9 Å². The zero-order valence-electron chi connectivity index (χ0n) is 7.32. The van der Waals surface area contributed by atoms with Crippen molar-refractivity contribution in [1.29, 1.82) is 0 Å². The molecule has 2 rings (SSSR count). The van der Waals surface area contributed by atoms with Crippen molar-refractivity contribution in [2.75, 3.05) is 0 Å². The number of Topliss-reactive ketones (excluding diaryl/α,β-unsaturated/α-hetero) is 1. The van der Waals surface area contributed by atoms with Gasteiger partial charge in [-0.3, -0.25) is 9.59 Å². The van der Waals surface area contributed by atoms with Crippen molar-refractivity contribution in [1.82, 2.24) is 0 Å². The number of allylic oxidation sites excluding steroid dienone is 1. The number of hydrogen-bond donors (Lipinski definition) is 1. The van der Waals surface area contributed by atoms with Gasteiger partial charge in [0.25, 0.3) is 0 Å². The van der Waals surface area contributed by atoms with Crippen molar-refractivity contribution in [3.63, 3.8) is 0 Å². The summed E-state index contributed by atoms with van der Waals surface area (Å²) in [5, 5.41) is 10.4. The standard InChI is InChI=1S/C10H8O3S/c11-7-2-1-3-8-10(7)6(5-14-8)4-9(12)13/h1,3,5H,2,4H2,(H,12,13). The molecule has 0 saturated heterocycles. The second-order valence-corrected chi connectivity index (χ2v) is 4.01. The number of rotatable bonds is 2. The van der Waals surface area contributed by atoms with Gasteiger partial charge in [0.15, 0.2) is 5.78 Å². The van der Waals surface area contributed by atoms with Gasteiger partial charge < -0.3 is 5.11 Å². The lowest BCUT2D eigenvalue weighted by atomic mass is 9.98. The average molecular weight is 208 g/mol. The van der Waals surface area contributed by atoms with Gasteiger partial charge in [-0.15, -0.1) is 11.3 Å². The van der Waals surface area contributed by atoms with Crippen LogP contribution in [0.2, 0.25) is 0 Å². The van der Waals surface area contributed by atoms with Gasteiger partial charge in [-0.1, -0.05) is 6.08 Å². The molecule has 0 radical (unpaired) electrons. The number of carboxylic acids is 1. The minimum atomic E-state index is -0.895. The maximum atomic E-state index is 11.5. The highest BCUT2D eigenvalue weighted by Gasteiger charge is 2.20. The second-order valence-electron chi connectivity index (χ2n) is 3.10. The predicted octanol–water partition coefficient (Wildman–Crippen LogP) is 1.97. The lowest BCUT2D eigenvalue weighted by molar-refractivity contribution is -0.136. The van der Waals surface area contributed by atoms with E-state index in [2.05, 4.69) is 0 Å².